The first-order chi connectivity index (χ1) is 7.13. The average molecular weight is 231 g/mol. The summed E-state index contributed by atoms with van der Waals surface area (Å²) in [5.41, 5.74) is 0. The van der Waals surface area contributed by atoms with E-state index < -0.39 is 0 Å². The average Bonchev–Trinajstić information content (AvgIpc) is 2.18. The van der Waals surface area contributed by atoms with Crippen LogP contribution in [0.3, 0.4) is 0 Å². The summed E-state index contributed by atoms with van der Waals surface area (Å²) in [6.07, 6.45) is 7.57. The minimum Gasteiger partial charge on any atom is -0.312 e. The van der Waals surface area contributed by atoms with Gasteiger partial charge in [-0.2, -0.15) is 0 Å². The van der Waals surface area contributed by atoms with Gasteiger partial charge >= 0.3 is 0 Å². The first-order valence-electron chi connectivity index (χ1n) is 6.03. The Balaban J connectivity index is 2.24. The SMILES string of the molecule is CSOC1CCC(N(C)CC(C)C)CC1. The predicted molar refractivity (Wildman–Crippen MR) is 68.1 cm³/mol. The molecule has 0 saturated heterocycles. The summed E-state index contributed by atoms with van der Waals surface area (Å²) in [5.74, 6) is 0.773. The second-order valence-electron chi connectivity index (χ2n) is 5.03. The van der Waals surface area contributed by atoms with Crippen LogP contribution >= 0.6 is 12.0 Å². The van der Waals surface area contributed by atoms with E-state index in [1.165, 1.54) is 44.3 Å². The number of hydrogen-bond donors (Lipinski definition) is 0. The molecule has 90 valence electrons. The molecular weight excluding hydrogens is 206 g/mol. The number of hydrogen-bond acceptors (Lipinski definition) is 3. The Morgan fingerprint density at radius 1 is 1.27 bits per heavy atom. The fraction of sp³-hybridized carbons (Fsp3) is 1.00. The van der Waals surface area contributed by atoms with E-state index >= 15 is 0 Å². The van der Waals surface area contributed by atoms with Crippen LogP contribution in [0.4, 0.5) is 0 Å². The first kappa shape index (κ1) is 13.3. The first-order valence-corrected chi connectivity index (χ1v) is 7.18. The summed E-state index contributed by atoms with van der Waals surface area (Å²) in [7, 11) is 2.26. The van der Waals surface area contributed by atoms with Crippen molar-refractivity contribution in [3.05, 3.63) is 0 Å². The van der Waals surface area contributed by atoms with Crippen LogP contribution in [-0.4, -0.2) is 36.9 Å². The van der Waals surface area contributed by atoms with E-state index in [1.54, 1.807) is 0 Å². The summed E-state index contributed by atoms with van der Waals surface area (Å²) >= 11 is 1.51. The molecule has 0 unspecified atom stereocenters. The molecule has 1 aliphatic carbocycles. The van der Waals surface area contributed by atoms with Crippen LogP contribution in [0.25, 0.3) is 0 Å². The highest BCUT2D eigenvalue weighted by Crippen LogP contribution is 2.26. The lowest BCUT2D eigenvalue weighted by Gasteiger charge is -2.34. The third-order valence-electron chi connectivity index (χ3n) is 3.15. The second kappa shape index (κ2) is 6.77. The van der Waals surface area contributed by atoms with Gasteiger partial charge in [-0.3, -0.25) is 0 Å². The van der Waals surface area contributed by atoms with Gasteiger partial charge in [0.05, 0.1) is 6.10 Å². The van der Waals surface area contributed by atoms with E-state index in [2.05, 4.69) is 25.8 Å². The molecule has 0 aromatic carbocycles. The molecule has 2 nitrogen and oxygen atoms in total. The lowest BCUT2D eigenvalue weighted by atomic mass is 9.92. The van der Waals surface area contributed by atoms with Gasteiger partial charge in [0.2, 0.25) is 0 Å². The zero-order valence-electron chi connectivity index (χ0n) is 10.5. The highest BCUT2D eigenvalue weighted by atomic mass is 32.2. The van der Waals surface area contributed by atoms with Gasteiger partial charge < -0.3 is 9.08 Å². The quantitative estimate of drug-likeness (QED) is 0.674. The molecule has 1 rings (SSSR count). The molecule has 1 aliphatic rings. The van der Waals surface area contributed by atoms with Gasteiger partial charge in [-0.15, -0.1) is 0 Å². The Bertz CT molecular complexity index is 167. The molecule has 0 amide bonds. The molecule has 0 aromatic heterocycles. The Hall–Kier alpha value is 0.270. The van der Waals surface area contributed by atoms with Gasteiger partial charge in [0.25, 0.3) is 0 Å². The Morgan fingerprint density at radius 2 is 1.87 bits per heavy atom. The second-order valence-corrected chi connectivity index (χ2v) is 5.55. The van der Waals surface area contributed by atoms with Crippen molar-refractivity contribution in [3.8, 4) is 0 Å². The molecule has 0 radical (unpaired) electrons. The molecule has 3 heteroatoms. The van der Waals surface area contributed by atoms with Crippen LogP contribution in [0, 0.1) is 5.92 Å². The number of nitrogens with zero attached hydrogens (tertiary/aromatic N) is 1. The van der Waals surface area contributed by atoms with Gasteiger partial charge in [-0.1, -0.05) is 13.8 Å². The lowest BCUT2D eigenvalue weighted by Crippen LogP contribution is -2.38. The highest BCUT2D eigenvalue weighted by Gasteiger charge is 2.24. The van der Waals surface area contributed by atoms with Gasteiger partial charge in [0.15, 0.2) is 0 Å². The molecule has 0 atom stereocenters. The Kier molecular flexibility index (Phi) is 6.02. The topological polar surface area (TPSA) is 12.5 Å². The summed E-state index contributed by atoms with van der Waals surface area (Å²) in [6, 6.07) is 0.786. The maximum Gasteiger partial charge on any atom is 0.0723 e. The lowest BCUT2D eigenvalue weighted by molar-refractivity contribution is 0.109. The van der Waals surface area contributed by atoms with E-state index in [0.29, 0.717) is 6.10 Å². The van der Waals surface area contributed by atoms with Crippen molar-refractivity contribution >= 4 is 12.0 Å². The summed E-state index contributed by atoms with van der Waals surface area (Å²) in [4.78, 5) is 2.53. The van der Waals surface area contributed by atoms with E-state index in [-0.39, 0.29) is 0 Å². The Morgan fingerprint density at radius 3 is 2.33 bits per heavy atom. The van der Waals surface area contributed by atoms with Crippen LogP contribution in [-0.2, 0) is 4.18 Å². The smallest absolute Gasteiger partial charge is 0.0723 e. The van der Waals surface area contributed by atoms with E-state index in [0.717, 1.165) is 12.0 Å². The normalized spacial score (nSPS) is 27.6. The van der Waals surface area contributed by atoms with E-state index in [9.17, 15) is 0 Å². The van der Waals surface area contributed by atoms with Gasteiger partial charge in [0, 0.05) is 18.8 Å². The zero-order chi connectivity index (χ0) is 11.3. The maximum absolute atomic E-state index is 5.59. The molecule has 15 heavy (non-hydrogen) atoms. The van der Waals surface area contributed by atoms with Crippen molar-refractivity contribution in [3.63, 3.8) is 0 Å². The fourth-order valence-electron chi connectivity index (χ4n) is 2.44. The molecular formula is C12H25NOS. The molecule has 1 fully saturated rings. The summed E-state index contributed by atoms with van der Waals surface area (Å²) in [6.45, 7) is 5.80. The van der Waals surface area contributed by atoms with Crippen molar-refractivity contribution in [2.75, 3.05) is 19.8 Å². The molecule has 0 spiro atoms. The van der Waals surface area contributed by atoms with Crippen LogP contribution in [0.15, 0.2) is 0 Å². The van der Waals surface area contributed by atoms with Crippen molar-refractivity contribution in [1.29, 1.82) is 0 Å². The van der Waals surface area contributed by atoms with Gasteiger partial charge in [-0.05, 0) is 50.7 Å². The minimum atomic E-state index is 0.503. The van der Waals surface area contributed by atoms with E-state index in [1.807, 2.05) is 6.26 Å². The molecule has 0 N–H and O–H groups in total. The minimum absolute atomic E-state index is 0.503. The monoisotopic (exact) mass is 231 g/mol. The molecule has 1 saturated carbocycles. The van der Waals surface area contributed by atoms with Crippen molar-refractivity contribution in [2.24, 2.45) is 5.92 Å². The fourth-order valence-corrected chi connectivity index (χ4v) is 2.91. The Labute approximate surface area is 99.0 Å². The third kappa shape index (κ3) is 4.75. The molecule has 0 bridgehead atoms. The molecule has 0 heterocycles. The van der Waals surface area contributed by atoms with Gasteiger partial charge in [0.1, 0.15) is 0 Å². The van der Waals surface area contributed by atoms with Crippen molar-refractivity contribution in [2.45, 2.75) is 51.7 Å². The highest BCUT2D eigenvalue weighted by molar-refractivity contribution is 7.93. The number of rotatable bonds is 5. The van der Waals surface area contributed by atoms with E-state index in [4.69, 9.17) is 4.18 Å². The van der Waals surface area contributed by atoms with Crippen LogP contribution in [0.1, 0.15) is 39.5 Å². The molecule has 0 aromatic rings. The predicted octanol–water partition coefficient (Wildman–Crippen LogP) is 3.18. The van der Waals surface area contributed by atoms with Crippen molar-refractivity contribution in [1.82, 2.24) is 4.90 Å². The zero-order valence-corrected chi connectivity index (χ0v) is 11.3. The van der Waals surface area contributed by atoms with Gasteiger partial charge in [-0.25, -0.2) is 0 Å². The summed E-state index contributed by atoms with van der Waals surface area (Å²) in [5, 5.41) is 0. The van der Waals surface area contributed by atoms with Crippen LogP contribution in [0.2, 0.25) is 0 Å². The van der Waals surface area contributed by atoms with Crippen LogP contribution < -0.4 is 0 Å². The van der Waals surface area contributed by atoms with Crippen molar-refractivity contribution < 1.29 is 4.18 Å². The standard InChI is InChI=1S/C12H25NOS/c1-10(2)9-13(3)11-5-7-12(8-6-11)14-15-4/h10-12H,5-9H2,1-4H3. The van der Waals surface area contributed by atoms with Crippen LogP contribution in [0.5, 0.6) is 0 Å². The largest absolute Gasteiger partial charge is 0.312 e. The third-order valence-corrected chi connectivity index (χ3v) is 3.62. The molecule has 0 aliphatic heterocycles. The summed E-state index contributed by atoms with van der Waals surface area (Å²) < 4.78 is 5.59. The maximum atomic E-state index is 5.59.